The Hall–Kier alpha value is -1.85. The number of carbonyl (C=O) groups is 1. The zero-order valence-electron chi connectivity index (χ0n) is 12.0. The Morgan fingerprint density at radius 2 is 2.05 bits per heavy atom. The van der Waals surface area contributed by atoms with Crippen molar-refractivity contribution in [3.8, 4) is 5.75 Å². The van der Waals surface area contributed by atoms with Crippen LogP contribution >= 0.6 is 11.3 Å². The molecule has 1 heterocycles. The number of benzene rings is 1. The van der Waals surface area contributed by atoms with E-state index in [2.05, 4.69) is 29.3 Å². The molecule has 0 unspecified atom stereocenters. The fourth-order valence-corrected chi connectivity index (χ4v) is 2.70. The average Bonchev–Trinajstić information content (AvgIpc) is 2.99. The van der Waals surface area contributed by atoms with Gasteiger partial charge < -0.3 is 9.84 Å². The summed E-state index contributed by atoms with van der Waals surface area (Å²) < 4.78 is 5.66. The van der Waals surface area contributed by atoms with Gasteiger partial charge in [0.15, 0.2) is 0 Å². The molecule has 2 rings (SSSR count). The maximum atomic E-state index is 10.8. The van der Waals surface area contributed by atoms with Gasteiger partial charge in [-0.3, -0.25) is 4.90 Å². The second-order valence-corrected chi connectivity index (χ2v) is 5.66. The largest absolute Gasteiger partial charge is 0.492 e. The first-order chi connectivity index (χ1) is 10.2. The summed E-state index contributed by atoms with van der Waals surface area (Å²) in [7, 11) is 0. The number of thiophene rings is 1. The summed E-state index contributed by atoms with van der Waals surface area (Å²) in [6, 6.07) is 10.7. The standard InChI is InChI=1S/C16H19NO3S/c1-2-17(12-15-4-3-11-21-15)9-10-20-14-7-5-13(6-8-14)16(18)19/h3-8,11H,2,9-10,12H2,1H3,(H,18,19). The van der Waals surface area contributed by atoms with Crippen molar-refractivity contribution in [1.82, 2.24) is 4.90 Å². The van der Waals surface area contributed by atoms with E-state index < -0.39 is 5.97 Å². The van der Waals surface area contributed by atoms with Gasteiger partial charge in [-0.2, -0.15) is 0 Å². The van der Waals surface area contributed by atoms with Gasteiger partial charge >= 0.3 is 5.97 Å². The number of ether oxygens (including phenoxy) is 1. The highest BCUT2D eigenvalue weighted by Gasteiger charge is 2.06. The molecule has 0 fully saturated rings. The van der Waals surface area contributed by atoms with Crippen LogP contribution in [0.4, 0.5) is 0 Å². The van der Waals surface area contributed by atoms with Gasteiger partial charge in [0.2, 0.25) is 0 Å². The van der Waals surface area contributed by atoms with Crippen LogP contribution in [0.1, 0.15) is 22.2 Å². The fraction of sp³-hybridized carbons (Fsp3) is 0.312. The van der Waals surface area contributed by atoms with Gasteiger partial charge in [-0.15, -0.1) is 11.3 Å². The predicted molar refractivity (Wildman–Crippen MR) is 84.2 cm³/mol. The van der Waals surface area contributed by atoms with Crippen molar-refractivity contribution in [3.05, 3.63) is 52.2 Å². The van der Waals surface area contributed by atoms with Gasteiger partial charge in [0.05, 0.1) is 5.56 Å². The lowest BCUT2D eigenvalue weighted by molar-refractivity contribution is 0.0697. The molecule has 21 heavy (non-hydrogen) atoms. The molecule has 4 nitrogen and oxygen atoms in total. The van der Waals surface area contributed by atoms with Crippen LogP contribution in [0, 0.1) is 0 Å². The van der Waals surface area contributed by atoms with Crippen molar-refractivity contribution in [2.24, 2.45) is 0 Å². The van der Waals surface area contributed by atoms with E-state index in [9.17, 15) is 4.79 Å². The molecule has 0 saturated heterocycles. The van der Waals surface area contributed by atoms with Gasteiger partial charge in [-0.05, 0) is 42.3 Å². The van der Waals surface area contributed by atoms with Gasteiger partial charge in [0.25, 0.3) is 0 Å². The molecule has 0 atom stereocenters. The summed E-state index contributed by atoms with van der Waals surface area (Å²) >= 11 is 1.76. The third-order valence-corrected chi connectivity index (χ3v) is 4.05. The van der Waals surface area contributed by atoms with Crippen molar-refractivity contribution in [1.29, 1.82) is 0 Å². The van der Waals surface area contributed by atoms with E-state index in [1.54, 1.807) is 35.6 Å². The Morgan fingerprint density at radius 1 is 1.29 bits per heavy atom. The minimum Gasteiger partial charge on any atom is -0.492 e. The summed E-state index contributed by atoms with van der Waals surface area (Å²) in [5.74, 6) is -0.221. The quantitative estimate of drug-likeness (QED) is 0.812. The van der Waals surface area contributed by atoms with E-state index >= 15 is 0 Å². The van der Waals surface area contributed by atoms with Crippen LogP contribution in [0.2, 0.25) is 0 Å². The summed E-state index contributed by atoms with van der Waals surface area (Å²) in [4.78, 5) is 14.4. The monoisotopic (exact) mass is 305 g/mol. The highest BCUT2D eigenvalue weighted by molar-refractivity contribution is 7.09. The topological polar surface area (TPSA) is 49.8 Å². The molecule has 0 spiro atoms. The smallest absolute Gasteiger partial charge is 0.335 e. The van der Waals surface area contributed by atoms with E-state index in [1.807, 2.05) is 0 Å². The van der Waals surface area contributed by atoms with Crippen LogP contribution in [-0.2, 0) is 6.54 Å². The van der Waals surface area contributed by atoms with Crippen molar-refractivity contribution >= 4 is 17.3 Å². The lowest BCUT2D eigenvalue weighted by atomic mass is 10.2. The zero-order valence-corrected chi connectivity index (χ0v) is 12.8. The molecular formula is C16H19NO3S. The number of aromatic carboxylic acids is 1. The Bertz CT molecular complexity index is 551. The first kappa shape index (κ1) is 15.5. The highest BCUT2D eigenvalue weighted by Crippen LogP contribution is 2.13. The molecular weight excluding hydrogens is 286 g/mol. The zero-order chi connectivity index (χ0) is 15.1. The van der Waals surface area contributed by atoms with Gasteiger partial charge in [0, 0.05) is 18.0 Å². The molecule has 1 N–H and O–H groups in total. The van der Waals surface area contributed by atoms with Crippen molar-refractivity contribution in [3.63, 3.8) is 0 Å². The number of hydrogen-bond donors (Lipinski definition) is 1. The number of likely N-dealkylation sites (N-methyl/N-ethyl adjacent to an activating group) is 1. The third kappa shape index (κ3) is 4.88. The van der Waals surface area contributed by atoms with E-state index in [0.29, 0.717) is 12.4 Å². The van der Waals surface area contributed by atoms with Crippen LogP contribution in [0.25, 0.3) is 0 Å². The number of hydrogen-bond acceptors (Lipinski definition) is 4. The number of carboxylic acids is 1. The Morgan fingerprint density at radius 3 is 2.62 bits per heavy atom. The molecule has 112 valence electrons. The number of carboxylic acid groups (broad SMARTS) is 1. The Balaban J connectivity index is 1.78. The van der Waals surface area contributed by atoms with Crippen molar-refractivity contribution < 1.29 is 14.6 Å². The molecule has 0 aliphatic heterocycles. The molecule has 1 aromatic heterocycles. The highest BCUT2D eigenvalue weighted by atomic mass is 32.1. The summed E-state index contributed by atoms with van der Waals surface area (Å²) in [6.45, 7) is 5.48. The van der Waals surface area contributed by atoms with Crippen LogP contribution in [0.3, 0.4) is 0 Å². The molecule has 0 aliphatic rings. The second kappa shape index (κ2) is 7.81. The first-order valence-corrected chi connectivity index (χ1v) is 7.78. The molecule has 0 saturated carbocycles. The maximum Gasteiger partial charge on any atom is 0.335 e. The number of nitrogens with zero attached hydrogens (tertiary/aromatic N) is 1. The van der Waals surface area contributed by atoms with E-state index in [1.165, 1.54) is 4.88 Å². The Labute approximate surface area is 128 Å². The van der Waals surface area contributed by atoms with Crippen LogP contribution in [-0.4, -0.2) is 35.7 Å². The second-order valence-electron chi connectivity index (χ2n) is 4.63. The molecule has 0 aliphatic carbocycles. The van der Waals surface area contributed by atoms with E-state index in [-0.39, 0.29) is 5.56 Å². The molecule has 2 aromatic rings. The molecule has 0 radical (unpaired) electrons. The fourth-order valence-electron chi connectivity index (χ4n) is 1.96. The van der Waals surface area contributed by atoms with E-state index in [0.717, 1.165) is 19.6 Å². The number of rotatable bonds is 8. The van der Waals surface area contributed by atoms with E-state index in [4.69, 9.17) is 9.84 Å². The van der Waals surface area contributed by atoms with Gasteiger partial charge in [-0.1, -0.05) is 13.0 Å². The summed E-state index contributed by atoms with van der Waals surface area (Å²) in [5.41, 5.74) is 0.273. The van der Waals surface area contributed by atoms with Gasteiger partial charge in [0.1, 0.15) is 12.4 Å². The lowest BCUT2D eigenvalue weighted by Gasteiger charge is -2.19. The molecule has 1 aromatic carbocycles. The summed E-state index contributed by atoms with van der Waals surface area (Å²) in [6.07, 6.45) is 0. The van der Waals surface area contributed by atoms with Crippen molar-refractivity contribution in [2.45, 2.75) is 13.5 Å². The third-order valence-electron chi connectivity index (χ3n) is 3.18. The Kier molecular flexibility index (Phi) is 5.78. The molecule has 0 bridgehead atoms. The lowest BCUT2D eigenvalue weighted by Crippen LogP contribution is -2.27. The molecule has 5 heteroatoms. The minimum absolute atomic E-state index is 0.273. The average molecular weight is 305 g/mol. The van der Waals surface area contributed by atoms with Gasteiger partial charge in [-0.25, -0.2) is 4.79 Å². The maximum absolute atomic E-state index is 10.8. The minimum atomic E-state index is -0.922. The van der Waals surface area contributed by atoms with Crippen LogP contribution < -0.4 is 4.74 Å². The first-order valence-electron chi connectivity index (χ1n) is 6.90. The normalized spacial score (nSPS) is 10.8. The van der Waals surface area contributed by atoms with Crippen LogP contribution in [0.15, 0.2) is 41.8 Å². The molecule has 0 amide bonds. The summed E-state index contributed by atoms with van der Waals surface area (Å²) in [5, 5.41) is 10.9. The SMILES string of the molecule is CCN(CCOc1ccc(C(=O)O)cc1)Cc1cccs1. The van der Waals surface area contributed by atoms with Crippen molar-refractivity contribution in [2.75, 3.05) is 19.7 Å². The predicted octanol–water partition coefficient (Wildman–Crippen LogP) is 3.35. The van der Waals surface area contributed by atoms with Crippen LogP contribution in [0.5, 0.6) is 5.75 Å².